The monoisotopic (exact) mass is 480 g/mol. The molecule has 0 saturated heterocycles. The third kappa shape index (κ3) is 4.38. The standard InChI is InChI=1S/C22H17ClN6O3S/c23-15-10-13(4-5-18(15)32-17-2-1-3-19-14(17)11-27-33-19)28-21-20-16(25-12-26-21)6-8-29(20)9-7-24-22(30)31/h1-6,8,10-12,24H,7,9H2,(H,30,31)(H,25,26,28). The zero-order valence-corrected chi connectivity index (χ0v) is 18.6. The molecular formula is C22H17ClN6O3S. The van der Waals surface area contributed by atoms with Crippen LogP contribution in [0.2, 0.25) is 5.02 Å². The Labute approximate surface area is 196 Å². The first-order valence-corrected chi connectivity index (χ1v) is 11.1. The summed E-state index contributed by atoms with van der Waals surface area (Å²) in [4.78, 5) is 19.4. The van der Waals surface area contributed by atoms with Crippen LogP contribution in [0, 0.1) is 0 Å². The molecule has 0 spiro atoms. The van der Waals surface area contributed by atoms with Gasteiger partial charge in [0.05, 0.1) is 26.8 Å². The van der Waals surface area contributed by atoms with Crippen LogP contribution in [0.3, 0.4) is 0 Å². The maximum Gasteiger partial charge on any atom is 0.404 e. The highest BCUT2D eigenvalue weighted by molar-refractivity contribution is 7.13. The first kappa shape index (κ1) is 21.0. The first-order chi connectivity index (χ1) is 16.1. The number of hydrogen-bond acceptors (Lipinski definition) is 7. The van der Waals surface area contributed by atoms with Crippen LogP contribution in [-0.2, 0) is 6.54 Å². The molecule has 0 atom stereocenters. The largest absolute Gasteiger partial charge is 0.465 e. The summed E-state index contributed by atoms with van der Waals surface area (Å²) < 4.78 is 13.2. The molecule has 0 fully saturated rings. The van der Waals surface area contributed by atoms with Gasteiger partial charge in [0.15, 0.2) is 5.82 Å². The SMILES string of the molecule is O=C(O)NCCn1ccc2ncnc(Nc3ccc(Oc4cccc5sncc45)c(Cl)c3)c21. The Bertz CT molecular complexity index is 1470. The number of amides is 1. The molecule has 9 nitrogen and oxygen atoms in total. The molecule has 0 saturated carbocycles. The molecule has 166 valence electrons. The lowest BCUT2D eigenvalue weighted by molar-refractivity contribution is 0.194. The summed E-state index contributed by atoms with van der Waals surface area (Å²) in [5.74, 6) is 1.80. The molecule has 0 aliphatic carbocycles. The van der Waals surface area contributed by atoms with Crippen molar-refractivity contribution in [1.29, 1.82) is 0 Å². The number of nitrogens with one attached hydrogen (secondary N) is 2. The Kier molecular flexibility index (Phi) is 5.68. The van der Waals surface area contributed by atoms with Gasteiger partial charge in [0.1, 0.15) is 23.3 Å². The van der Waals surface area contributed by atoms with E-state index in [1.165, 1.54) is 17.9 Å². The Balaban J connectivity index is 1.39. The molecule has 0 bridgehead atoms. The molecular weight excluding hydrogens is 464 g/mol. The minimum Gasteiger partial charge on any atom is -0.465 e. The van der Waals surface area contributed by atoms with Gasteiger partial charge in [-0.1, -0.05) is 17.7 Å². The van der Waals surface area contributed by atoms with Crippen LogP contribution in [0.5, 0.6) is 11.5 Å². The highest BCUT2D eigenvalue weighted by Crippen LogP contribution is 2.36. The van der Waals surface area contributed by atoms with Gasteiger partial charge >= 0.3 is 6.09 Å². The lowest BCUT2D eigenvalue weighted by atomic mass is 10.2. The zero-order valence-electron chi connectivity index (χ0n) is 17.0. The number of halogens is 1. The van der Waals surface area contributed by atoms with Gasteiger partial charge in [0, 0.05) is 25.0 Å². The maximum absolute atomic E-state index is 10.7. The van der Waals surface area contributed by atoms with Crippen molar-refractivity contribution in [1.82, 2.24) is 24.2 Å². The molecule has 0 aliphatic rings. The highest BCUT2D eigenvalue weighted by Gasteiger charge is 2.12. The molecule has 3 aromatic heterocycles. The van der Waals surface area contributed by atoms with Gasteiger partial charge in [0.2, 0.25) is 0 Å². The van der Waals surface area contributed by atoms with Gasteiger partial charge in [-0.15, -0.1) is 0 Å². The molecule has 0 radical (unpaired) electrons. The Morgan fingerprint density at radius 1 is 1.18 bits per heavy atom. The van der Waals surface area contributed by atoms with E-state index in [0.29, 0.717) is 28.9 Å². The minimum atomic E-state index is -1.07. The number of nitrogens with zero attached hydrogens (tertiary/aromatic N) is 4. The van der Waals surface area contributed by atoms with Crippen LogP contribution in [0.4, 0.5) is 16.3 Å². The second kappa shape index (κ2) is 8.93. The van der Waals surface area contributed by atoms with E-state index >= 15 is 0 Å². The van der Waals surface area contributed by atoms with E-state index in [-0.39, 0.29) is 6.54 Å². The fourth-order valence-corrected chi connectivity index (χ4v) is 4.35. The van der Waals surface area contributed by atoms with Gasteiger partial charge in [-0.25, -0.2) is 14.8 Å². The lowest BCUT2D eigenvalue weighted by Gasteiger charge is -2.13. The fraction of sp³-hybridized carbons (Fsp3) is 0.0909. The quantitative estimate of drug-likeness (QED) is 0.282. The van der Waals surface area contributed by atoms with Crippen molar-refractivity contribution in [3.63, 3.8) is 0 Å². The van der Waals surface area contributed by atoms with Crippen molar-refractivity contribution in [2.75, 3.05) is 11.9 Å². The van der Waals surface area contributed by atoms with Crippen molar-refractivity contribution >= 4 is 61.9 Å². The average molecular weight is 481 g/mol. The number of ether oxygens (including phenoxy) is 1. The van der Waals surface area contributed by atoms with Gasteiger partial charge in [-0.2, -0.15) is 4.37 Å². The van der Waals surface area contributed by atoms with E-state index in [1.54, 1.807) is 18.3 Å². The van der Waals surface area contributed by atoms with E-state index in [4.69, 9.17) is 21.4 Å². The maximum atomic E-state index is 10.7. The Morgan fingerprint density at radius 3 is 2.94 bits per heavy atom. The van der Waals surface area contributed by atoms with Crippen molar-refractivity contribution in [3.8, 4) is 11.5 Å². The summed E-state index contributed by atoms with van der Waals surface area (Å²) in [5, 5.41) is 15.8. The number of hydrogen-bond donors (Lipinski definition) is 3. The average Bonchev–Trinajstić information content (AvgIpc) is 3.44. The van der Waals surface area contributed by atoms with Crippen LogP contribution >= 0.6 is 23.1 Å². The molecule has 3 N–H and O–H groups in total. The number of aromatic nitrogens is 4. The Hall–Kier alpha value is -3.89. The number of fused-ring (bicyclic) bond motifs is 2. The van der Waals surface area contributed by atoms with E-state index in [9.17, 15) is 4.79 Å². The van der Waals surface area contributed by atoms with E-state index in [0.717, 1.165) is 26.8 Å². The van der Waals surface area contributed by atoms with E-state index in [1.807, 2.05) is 41.1 Å². The number of rotatable bonds is 7. The van der Waals surface area contributed by atoms with Gasteiger partial charge in [0.25, 0.3) is 0 Å². The Morgan fingerprint density at radius 2 is 2.09 bits per heavy atom. The van der Waals surface area contributed by atoms with Crippen LogP contribution in [0.1, 0.15) is 0 Å². The second-order valence-corrected chi connectivity index (χ2v) is 8.30. The van der Waals surface area contributed by atoms with Crippen LogP contribution in [0.15, 0.2) is 61.2 Å². The molecule has 1 amide bonds. The minimum absolute atomic E-state index is 0.262. The summed E-state index contributed by atoms with van der Waals surface area (Å²) in [6.07, 6.45) is 4.03. The smallest absolute Gasteiger partial charge is 0.404 e. The van der Waals surface area contributed by atoms with Crippen molar-refractivity contribution in [2.24, 2.45) is 0 Å². The predicted molar refractivity (Wildman–Crippen MR) is 128 cm³/mol. The lowest BCUT2D eigenvalue weighted by Crippen LogP contribution is -2.25. The van der Waals surface area contributed by atoms with E-state index < -0.39 is 6.09 Å². The molecule has 3 heterocycles. The number of benzene rings is 2. The number of carboxylic acid groups (broad SMARTS) is 1. The predicted octanol–water partition coefficient (Wildman–Crippen LogP) is 5.50. The molecule has 2 aromatic carbocycles. The summed E-state index contributed by atoms with van der Waals surface area (Å²) in [6, 6.07) is 13.0. The molecule has 5 rings (SSSR count). The molecule has 0 aliphatic heterocycles. The zero-order chi connectivity index (χ0) is 22.8. The van der Waals surface area contributed by atoms with Crippen molar-refractivity contribution in [2.45, 2.75) is 6.54 Å². The summed E-state index contributed by atoms with van der Waals surface area (Å²) in [6.45, 7) is 0.700. The molecule has 33 heavy (non-hydrogen) atoms. The second-order valence-electron chi connectivity index (χ2n) is 7.06. The van der Waals surface area contributed by atoms with Crippen LogP contribution in [0.25, 0.3) is 21.1 Å². The van der Waals surface area contributed by atoms with Crippen LogP contribution < -0.4 is 15.4 Å². The highest BCUT2D eigenvalue weighted by atomic mass is 35.5. The molecule has 0 unspecified atom stereocenters. The van der Waals surface area contributed by atoms with Gasteiger partial charge in [-0.3, -0.25) is 0 Å². The number of anilines is 2. The first-order valence-electron chi connectivity index (χ1n) is 9.93. The topological polar surface area (TPSA) is 114 Å². The summed E-state index contributed by atoms with van der Waals surface area (Å²) in [7, 11) is 0. The molecule has 11 heteroatoms. The van der Waals surface area contributed by atoms with Crippen LogP contribution in [-0.4, -0.2) is 36.7 Å². The normalized spacial score (nSPS) is 11.1. The summed E-state index contributed by atoms with van der Waals surface area (Å²) >= 11 is 7.93. The van der Waals surface area contributed by atoms with Gasteiger partial charge < -0.3 is 25.0 Å². The number of carbonyl (C=O) groups is 1. The molecule has 5 aromatic rings. The third-order valence-electron chi connectivity index (χ3n) is 4.95. The van der Waals surface area contributed by atoms with Crippen molar-refractivity contribution in [3.05, 3.63) is 66.2 Å². The van der Waals surface area contributed by atoms with Crippen molar-refractivity contribution < 1.29 is 14.6 Å². The third-order valence-corrected chi connectivity index (χ3v) is 6.01. The fourth-order valence-electron chi connectivity index (χ4n) is 3.47. The van der Waals surface area contributed by atoms with Gasteiger partial charge in [-0.05, 0) is 47.9 Å². The van der Waals surface area contributed by atoms with E-state index in [2.05, 4.69) is 25.0 Å². The summed E-state index contributed by atoms with van der Waals surface area (Å²) in [5.41, 5.74) is 2.23.